The van der Waals surface area contributed by atoms with Crippen LogP contribution in [-0.4, -0.2) is 53.9 Å². The topological polar surface area (TPSA) is 72.5 Å². The van der Waals surface area contributed by atoms with Crippen LogP contribution in [-0.2, 0) is 0 Å². The standard InChI is InChI=1S/C28H27N7/c29-13-24-15-32-35-18-23(19-1-4-25(5-2-19)33-9-7-30-8-10-33)12-26(28(24)35)20-3-6-27(31-14-20)34-16-21-11-22(21)17-34/h1-6,12,14-15,18,21-22,30H,7-11,16-17H2. The van der Waals surface area contributed by atoms with E-state index in [1.165, 1.54) is 12.1 Å². The molecular weight excluding hydrogens is 434 g/mol. The van der Waals surface area contributed by atoms with Crippen LogP contribution in [0.15, 0.2) is 61.1 Å². The van der Waals surface area contributed by atoms with Crippen molar-refractivity contribution in [1.82, 2.24) is 19.9 Å². The molecule has 1 saturated carbocycles. The number of hydrogen-bond donors (Lipinski definition) is 1. The summed E-state index contributed by atoms with van der Waals surface area (Å²) in [4.78, 5) is 9.62. The fraction of sp³-hybridized carbons (Fsp3) is 0.321. The van der Waals surface area contributed by atoms with Gasteiger partial charge in [0, 0.05) is 74.0 Å². The Balaban J connectivity index is 1.25. The minimum absolute atomic E-state index is 0.573. The molecule has 35 heavy (non-hydrogen) atoms. The number of anilines is 2. The Morgan fingerprint density at radius 3 is 2.37 bits per heavy atom. The highest BCUT2D eigenvalue weighted by molar-refractivity contribution is 5.87. The zero-order valence-electron chi connectivity index (χ0n) is 19.6. The van der Waals surface area contributed by atoms with Gasteiger partial charge in [0.1, 0.15) is 11.9 Å². The van der Waals surface area contributed by atoms with Crippen LogP contribution in [0.25, 0.3) is 27.8 Å². The number of fused-ring (bicyclic) bond motifs is 2. The molecule has 0 spiro atoms. The van der Waals surface area contributed by atoms with Crippen molar-refractivity contribution in [2.45, 2.75) is 6.42 Å². The summed E-state index contributed by atoms with van der Waals surface area (Å²) < 4.78 is 1.83. The van der Waals surface area contributed by atoms with E-state index >= 15 is 0 Å². The van der Waals surface area contributed by atoms with Crippen molar-refractivity contribution < 1.29 is 0 Å². The van der Waals surface area contributed by atoms with Crippen molar-refractivity contribution in [2.24, 2.45) is 11.8 Å². The van der Waals surface area contributed by atoms with Crippen molar-refractivity contribution in [3.63, 3.8) is 0 Å². The van der Waals surface area contributed by atoms with Crippen molar-refractivity contribution in [3.8, 4) is 28.3 Å². The molecule has 7 heteroatoms. The average molecular weight is 462 g/mol. The first-order chi connectivity index (χ1) is 17.3. The molecule has 2 saturated heterocycles. The van der Waals surface area contributed by atoms with Gasteiger partial charge in [-0.15, -0.1) is 0 Å². The van der Waals surface area contributed by atoms with Gasteiger partial charge < -0.3 is 15.1 Å². The number of hydrogen-bond acceptors (Lipinski definition) is 6. The van der Waals surface area contributed by atoms with E-state index in [9.17, 15) is 5.26 Å². The van der Waals surface area contributed by atoms with Gasteiger partial charge >= 0.3 is 0 Å². The summed E-state index contributed by atoms with van der Waals surface area (Å²) in [6.45, 7) is 6.36. The normalized spacial score (nSPS) is 21.2. The van der Waals surface area contributed by atoms with Gasteiger partial charge in [0.15, 0.2) is 0 Å². The monoisotopic (exact) mass is 461 g/mol. The predicted molar refractivity (Wildman–Crippen MR) is 137 cm³/mol. The molecule has 3 fully saturated rings. The molecule has 4 aromatic rings. The highest BCUT2D eigenvalue weighted by Crippen LogP contribution is 2.46. The molecule has 5 heterocycles. The second-order valence-corrected chi connectivity index (χ2v) is 9.96. The third kappa shape index (κ3) is 3.62. The minimum atomic E-state index is 0.573. The Labute approximate surface area is 204 Å². The van der Waals surface area contributed by atoms with Crippen molar-refractivity contribution in [2.75, 3.05) is 49.1 Å². The van der Waals surface area contributed by atoms with Crippen molar-refractivity contribution in [3.05, 3.63) is 66.6 Å². The van der Waals surface area contributed by atoms with Crippen LogP contribution in [0.1, 0.15) is 12.0 Å². The van der Waals surface area contributed by atoms with E-state index in [0.29, 0.717) is 5.56 Å². The summed E-state index contributed by atoms with van der Waals surface area (Å²) in [5.74, 6) is 2.79. The van der Waals surface area contributed by atoms with Crippen LogP contribution in [0.3, 0.4) is 0 Å². The Bertz CT molecular complexity index is 1420. The molecule has 1 aromatic carbocycles. The number of piperidine rings is 1. The first-order valence-corrected chi connectivity index (χ1v) is 12.5. The molecule has 0 amide bonds. The second-order valence-electron chi connectivity index (χ2n) is 9.96. The number of benzene rings is 1. The molecule has 3 aliphatic rings. The van der Waals surface area contributed by atoms with Gasteiger partial charge in [0.2, 0.25) is 0 Å². The molecular formula is C28H27N7. The van der Waals surface area contributed by atoms with Crippen molar-refractivity contribution >= 4 is 17.0 Å². The van der Waals surface area contributed by atoms with E-state index in [0.717, 1.165) is 84.7 Å². The van der Waals surface area contributed by atoms with E-state index < -0.39 is 0 Å². The Hall–Kier alpha value is -3.89. The molecule has 1 N–H and O–H groups in total. The molecule has 7 nitrogen and oxygen atoms in total. The maximum Gasteiger partial charge on any atom is 0.128 e. The lowest BCUT2D eigenvalue weighted by atomic mass is 9.99. The molecule has 2 aliphatic heterocycles. The minimum Gasteiger partial charge on any atom is -0.369 e. The highest BCUT2D eigenvalue weighted by Gasteiger charge is 2.45. The van der Waals surface area contributed by atoms with Crippen LogP contribution in [0.4, 0.5) is 11.5 Å². The van der Waals surface area contributed by atoms with Crippen LogP contribution in [0.2, 0.25) is 0 Å². The third-order valence-corrected chi connectivity index (χ3v) is 7.78. The number of rotatable bonds is 4. The fourth-order valence-electron chi connectivity index (χ4n) is 5.69. The lowest BCUT2D eigenvalue weighted by molar-refractivity contribution is 0.589. The molecule has 7 rings (SSSR count). The number of nitriles is 1. The van der Waals surface area contributed by atoms with Gasteiger partial charge in [0.25, 0.3) is 0 Å². The molecule has 1 aliphatic carbocycles. The lowest BCUT2D eigenvalue weighted by Gasteiger charge is -2.29. The van der Waals surface area contributed by atoms with Gasteiger partial charge in [0.05, 0.1) is 17.3 Å². The zero-order chi connectivity index (χ0) is 23.4. The Kier molecular flexibility index (Phi) is 4.74. The number of aromatic nitrogens is 3. The van der Waals surface area contributed by atoms with Crippen LogP contribution in [0, 0.1) is 23.2 Å². The van der Waals surface area contributed by atoms with E-state index in [2.05, 4.69) is 68.7 Å². The van der Waals surface area contributed by atoms with E-state index in [1.807, 2.05) is 16.9 Å². The first kappa shape index (κ1) is 20.5. The van der Waals surface area contributed by atoms with E-state index in [-0.39, 0.29) is 0 Å². The summed E-state index contributed by atoms with van der Waals surface area (Å²) in [5, 5.41) is 17.6. The zero-order valence-corrected chi connectivity index (χ0v) is 19.6. The Morgan fingerprint density at radius 2 is 1.66 bits per heavy atom. The van der Waals surface area contributed by atoms with Crippen LogP contribution in [0.5, 0.6) is 0 Å². The highest BCUT2D eigenvalue weighted by atomic mass is 15.2. The summed E-state index contributed by atoms with van der Waals surface area (Å²) in [6.07, 6.45) is 6.99. The average Bonchev–Trinajstić information content (AvgIpc) is 3.32. The van der Waals surface area contributed by atoms with Crippen LogP contribution >= 0.6 is 0 Å². The first-order valence-electron chi connectivity index (χ1n) is 12.5. The molecule has 0 radical (unpaired) electrons. The smallest absolute Gasteiger partial charge is 0.128 e. The predicted octanol–water partition coefficient (Wildman–Crippen LogP) is 3.80. The second kappa shape index (κ2) is 8.10. The molecule has 3 aromatic heterocycles. The summed E-state index contributed by atoms with van der Waals surface area (Å²) in [5.41, 5.74) is 6.82. The SMILES string of the molecule is N#Cc1cnn2cc(-c3ccc(N4CCNCC4)cc3)cc(-c3ccc(N4CC5CC5C4)nc3)c12. The molecule has 0 bridgehead atoms. The number of nitrogens with one attached hydrogen (secondary N) is 1. The van der Waals surface area contributed by atoms with E-state index in [1.54, 1.807) is 6.20 Å². The third-order valence-electron chi connectivity index (χ3n) is 7.78. The number of nitrogens with zero attached hydrogens (tertiary/aromatic N) is 6. The maximum absolute atomic E-state index is 9.72. The summed E-state index contributed by atoms with van der Waals surface area (Å²) >= 11 is 0. The Morgan fingerprint density at radius 1 is 0.886 bits per heavy atom. The number of piperazine rings is 1. The summed E-state index contributed by atoms with van der Waals surface area (Å²) in [7, 11) is 0. The maximum atomic E-state index is 9.72. The fourth-order valence-corrected chi connectivity index (χ4v) is 5.69. The molecule has 2 unspecified atom stereocenters. The molecule has 174 valence electrons. The molecule has 2 atom stereocenters. The van der Waals surface area contributed by atoms with E-state index in [4.69, 9.17) is 4.98 Å². The summed E-state index contributed by atoms with van der Waals surface area (Å²) in [6, 6.07) is 17.5. The van der Waals surface area contributed by atoms with Gasteiger partial charge in [-0.2, -0.15) is 10.4 Å². The van der Waals surface area contributed by atoms with Gasteiger partial charge in [-0.05, 0) is 54.2 Å². The quantitative estimate of drug-likeness (QED) is 0.498. The van der Waals surface area contributed by atoms with Crippen molar-refractivity contribution in [1.29, 1.82) is 5.26 Å². The van der Waals surface area contributed by atoms with Gasteiger partial charge in [-0.3, -0.25) is 0 Å². The van der Waals surface area contributed by atoms with Crippen LogP contribution < -0.4 is 15.1 Å². The van der Waals surface area contributed by atoms with Gasteiger partial charge in [-0.25, -0.2) is 9.50 Å². The number of pyridine rings is 2. The largest absolute Gasteiger partial charge is 0.369 e. The van der Waals surface area contributed by atoms with Gasteiger partial charge in [-0.1, -0.05) is 12.1 Å². The lowest BCUT2D eigenvalue weighted by Crippen LogP contribution is -2.43.